The van der Waals surface area contributed by atoms with Crippen molar-refractivity contribution >= 4 is 28.6 Å². The number of carbonyl (C=O) groups is 1. The third-order valence-corrected chi connectivity index (χ3v) is 3.48. The zero-order chi connectivity index (χ0) is 15.2. The lowest BCUT2D eigenvalue weighted by atomic mass is 10.2. The predicted molar refractivity (Wildman–Crippen MR) is 81.8 cm³/mol. The van der Waals surface area contributed by atoms with Gasteiger partial charge < -0.3 is 14.4 Å². The number of nitrogens with zero attached hydrogens (tertiary/aromatic N) is 2. The van der Waals surface area contributed by atoms with Gasteiger partial charge in [0.05, 0.1) is 17.6 Å². The first-order valence-corrected chi connectivity index (χ1v) is 7.43. The summed E-state index contributed by atoms with van der Waals surface area (Å²) in [5, 5.41) is 9.39. The molecule has 0 radical (unpaired) electrons. The van der Waals surface area contributed by atoms with E-state index in [2.05, 4.69) is 9.55 Å². The lowest BCUT2D eigenvalue weighted by molar-refractivity contribution is -0.137. The Kier molecular flexibility index (Phi) is 5.59. The zero-order valence-electron chi connectivity index (χ0n) is 12.0. The van der Waals surface area contributed by atoms with Crippen molar-refractivity contribution in [1.29, 1.82) is 0 Å². The number of ether oxygens (including phenoxy) is 1. The molecule has 0 saturated carbocycles. The Balaban J connectivity index is 2.23. The molecule has 6 heteroatoms. The van der Waals surface area contributed by atoms with Gasteiger partial charge in [0.25, 0.3) is 0 Å². The van der Waals surface area contributed by atoms with Gasteiger partial charge in [-0.25, -0.2) is 4.98 Å². The molecular weight excluding hydrogens is 292 g/mol. The maximum absolute atomic E-state index is 10.6. The van der Waals surface area contributed by atoms with Gasteiger partial charge in [0, 0.05) is 31.0 Å². The van der Waals surface area contributed by atoms with Crippen LogP contribution >= 0.6 is 11.6 Å². The summed E-state index contributed by atoms with van der Waals surface area (Å²) < 4.78 is 7.49. The molecular formula is C15H19ClN2O3. The Hall–Kier alpha value is -1.59. The zero-order valence-corrected chi connectivity index (χ0v) is 12.8. The molecule has 1 aromatic heterocycles. The first-order chi connectivity index (χ1) is 10.1. The number of benzene rings is 1. The minimum absolute atomic E-state index is 0.148. The number of carboxylic acids is 1. The number of halogens is 1. The number of imidazole rings is 1. The van der Waals surface area contributed by atoms with Gasteiger partial charge in [0.2, 0.25) is 0 Å². The molecule has 114 valence electrons. The highest BCUT2D eigenvalue weighted by atomic mass is 35.5. The van der Waals surface area contributed by atoms with E-state index in [-0.39, 0.29) is 6.42 Å². The van der Waals surface area contributed by atoms with Crippen molar-refractivity contribution in [3.05, 3.63) is 29.0 Å². The average Bonchev–Trinajstić information content (AvgIpc) is 2.76. The average molecular weight is 311 g/mol. The fraction of sp³-hybridized carbons (Fsp3) is 0.467. The number of aromatic nitrogens is 2. The molecule has 2 rings (SSSR count). The van der Waals surface area contributed by atoms with Crippen LogP contribution in [0.25, 0.3) is 11.0 Å². The van der Waals surface area contributed by atoms with Crippen molar-refractivity contribution in [2.24, 2.45) is 0 Å². The van der Waals surface area contributed by atoms with Gasteiger partial charge in [0.15, 0.2) is 0 Å². The summed E-state index contributed by atoms with van der Waals surface area (Å²) in [6.07, 6.45) is 1.35. The van der Waals surface area contributed by atoms with Gasteiger partial charge in [-0.05, 0) is 31.5 Å². The van der Waals surface area contributed by atoms with Crippen LogP contribution in [0.15, 0.2) is 18.2 Å². The van der Waals surface area contributed by atoms with Crippen LogP contribution in [0, 0.1) is 0 Å². The van der Waals surface area contributed by atoms with Gasteiger partial charge in [-0.2, -0.15) is 0 Å². The lowest BCUT2D eigenvalue weighted by Gasteiger charge is -2.09. The monoisotopic (exact) mass is 310 g/mol. The molecule has 0 saturated heterocycles. The highest BCUT2D eigenvalue weighted by molar-refractivity contribution is 6.31. The summed E-state index contributed by atoms with van der Waals surface area (Å²) in [5.41, 5.74) is 1.84. The van der Waals surface area contributed by atoms with Gasteiger partial charge in [0.1, 0.15) is 5.82 Å². The smallest absolute Gasteiger partial charge is 0.303 e. The maximum atomic E-state index is 10.6. The number of carboxylic acid groups (broad SMARTS) is 1. The molecule has 0 aliphatic rings. The van der Waals surface area contributed by atoms with E-state index in [4.69, 9.17) is 21.4 Å². The second kappa shape index (κ2) is 7.43. The number of fused-ring (bicyclic) bond motifs is 1. The Morgan fingerprint density at radius 1 is 1.48 bits per heavy atom. The Morgan fingerprint density at radius 2 is 2.29 bits per heavy atom. The fourth-order valence-corrected chi connectivity index (χ4v) is 2.46. The third-order valence-electron chi connectivity index (χ3n) is 3.24. The number of hydrogen-bond donors (Lipinski definition) is 1. The maximum Gasteiger partial charge on any atom is 0.303 e. The molecule has 21 heavy (non-hydrogen) atoms. The van der Waals surface area contributed by atoms with Crippen molar-refractivity contribution in [3.8, 4) is 0 Å². The largest absolute Gasteiger partial charge is 0.481 e. The topological polar surface area (TPSA) is 64.3 Å². The molecule has 1 N–H and O–H groups in total. The normalized spacial score (nSPS) is 11.1. The molecule has 0 fully saturated rings. The minimum atomic E-state index is -0.782. The van der Waals surface area contributed by atoms with E-state index in [1.54, 1.807) is 0 Å². The van der Waals surface area contributed by atoms with Crippen molar-refractivity contribution in [2.45, 2.75) is 32.7 Å². The van der Waals surface area contributed by atoms with Crippen LogP contribution < -0.4 is 0 Å². The predicted octanol–water partition coefficient (Wildman–Crippen LogP) is 3.13. The molecule has 0 spiro atoms. The molecule has 0 amide bonds. The molecule has 0 unspecified atom stereocenters. The number of aryl methyl sites for hydroxylation is 1. The molecule has 0 aliphatic carbocycles. The van der Waals surface area contributed by atoms with Crippen molar-refractivity contribution in [3.63, 3.8) is 0 Å². The Labute approximate surface area is 128 Å². The van der Waals surface area contributed by atoms with E-state index >= 15 is 0 Å². The van der Waals surface area contributed by atoms with Crippen LogP contribution in [-0.4, -0.2) is 33.8 Å². The molecule has 0 bridgehead atoms. The summed E-state index contributed by atoms with van der Waals surface area (Å²) in [6, 6.07) is 5.61. The number of rotatable bonds is 8. The summed E-state index contributed by atoms with van der Waals surface area (Å²) in [7, 11) is 0. The molecule has 2 aromatic rings. The van der Waals surface area contributed by atoms with E-state index in [9.17, 15) is 4.79 Å². The van der Waals surface area contributed by atoms with E-state index < -0.39 is 5.97 Å². The van der Waals surface area contributed by atoms with Crippen LogP contribution in [0.2, 0.25) is 5.02 Å². The Morgan fingerprint density at radius 3 is 3.00 bits per heavy atom. The van der Waals surface area contributed by atoms with E-state index in [1.807, 2.05) is 25.1 Å². The molecule has 0 atom stereocenters. The lowest BCUT2D eigenvalue weighted by Crippen LogP contribution is -2.10. The van der Waals surface area contributed by atoms with Crippen LogP contribution in [-0.2, 0) is 22.5 Å². The van der Waals surface area contributed by atoms with Crippen molar-refractivity contribution in [2.75, 3.05) is 13.2 Å². The number of hydrogen-bond acceptors (Lipinski definition) is 3. The van der Waals surface area contributed by atoms with Crippen LogP contribution in [0.5, 0.6) is 0 Å². The standard InChI is InChI=1S/C15H19ClN2O3/c1-2-21-9-8-18-13-7-6-11(16)10-12(13)17-14(18)4-3-5-15(19)20/h6-7,10H,2-5,8-9H2,1H3,(H,19,20). The van der Waals surface area contributed by atoms with Crippen molar-refractivity contribution < 1.29 is 14.6 Å². The second-order valence-corrected chi connectivity index (χ2v) is 5.19. The number of aliphatic carboxylic acids is 1. The summed E-state index contributed by atoms with van der Waals surface area (Å²) in [6.45, 7) is 3.94. The molecule has 1 aromatic carbocycles. The highest BCUT2D eigenvalue weighted by Gasteiger charge is 2.11. The van der Waals surface area contributed by atoms with Crippen LogP contribution in [0.1, 0.15) is 25.6 Å². The van der Waals surface area contributed by atoms with Gasteiger partial charge in [-0.3, -0.25) is 4.79 Å². The van der Waals surface area contributed by atoms with E-state index in [1.165, 1.54) is 0 Å². The highest BCUT2D eigenvalue weighted by Crippen LogP contribution is 2.21. The molecule has 5 nitrogen and oxygen atoms in total. The molecule has 1 heterocycles. The second-order valence-electron chi connectivity index (χ2n) is 4.76. The van der Waals surface area contributed by atoms with E-state index in [0.717, 1.165) is 16.9 Å². The van der Waals surface area contributed by atoms with Crippen molar-refractivity contribution in [1.82, 2.24) is 9.55 Å². The minimum Gasteiger partial charge on any atom is -0.481 e. The van der Waals surface area contributed by atoms with E-state index in [0.29, 0.717) is 37.6 Å². The summed E-state index contributed by atoms with van der Waals surface area (Å²) in [5.74, 6) is 0.100. The van der Waals surface area contributed by atoms with Gasteiger partial charge in [-0.15, -0.1) is 0 Å². The Bertz CT molecular complexity index is 625. The quantitative estimate of drug-likeness (QED) is 0.761. The van der Waals surface area contributed by atoms with Gasteiger partial charge >= 0.3 is 5.97 Å². The van der Waals surface area contributed by atoms with Gasteiger partial charge in [-0.1, -0.05) is 11.6 Å². The summed E-state index contributed by atoms with van der Waals surface area (Å²) in [4.78, 5) is 15.2. The van der Waals surface area contributed by atoms with Crippen LogP contribution in [0.3, 0.4) is 0 Å². The third kappa shape index (κ3) is 4.19. The van der Waals surface area contributed by atoms with Crippen LogP contribution in [0.4, 0.5) is 0 Å². The SMILES string of the molecule is CCOCCn1c(CCCC(=O)O)nc2cc(Cl)ccc21. The molecule has 0 aliphatic heterocycles. The first-order valence-electron chi connectivity index (χ1n) is 7.06. The fourth-order valence-electron chi connectivity index (χ4n) is 2.29. The first kappa shape index (κ1) is 15.8. The summed E-state index contributed by atoms with van der Waals surface area (Å²) >= 11 is 6.00.